The predicted molar refractivity (Wildman–Crippen MR) is 96.2 cm³/mol. The zero-order valence-electron chi connectivity index (χ0n) is 13.6. The van der Waals surface area contributed by atoms with Crippen LogP contribution >= 0.6 is 11.3 Å². The summed E-state index contributed by atoms with van der Waals surface area (Å²) in [4.78, 5) is 13.7. The Bertz CT molecular complexity index is 901. The number of carboxylic acid groups (broad SMARTS) is 1. The van der Waals surface area contributed by atoms with E-state index >= 15 is 0 Å². The SMILES string of the molecule is COc1ccc2sc(C(=O)O)c(Oc3cccc(N(C)C)c3)c2c1. The lowest BCUT2D eigenvalue weighted by molar-refractivity contribution is 0.0700. The first-order valence-corrected chi connectivity index (χ1v) is 8.10. The van der Waals surface area contributed by atoms with Crippen LogP contribution in [0.2, 0.25) is 0 Å². The molecule has 3 rings (SSSR count). The first-order valence-electron chi connectivity index (χ1n) is 7.28. The van der Waals surface area contributed by atoms with Gasteiger partial charge in [-0.2, -0.15) is 0 Å². The summed E-state index contributed by atoms with van der Waals surface area (Å²) >= 11 is 1.19. The van der Waals surface area contributed by atoms with E-state index in [0.717, 1.165) is 15.8 Å². The van der Waals surface area contributed by atoms with Crippen LogP contribution < -0.4 is 14.4 Å². The molecule has 1 N–H and O–H groups in total. The van der Waals surface area contributed by atoms with E-state index in [1.165, 1.54) is 11.3 Å². The average Bonchev–Trinajstić information content (AvgIpc) is 2.93. The minimum atomic E-state index is -1.01. The van der Waals surface area contributed by atoms with Gasteiger partial charge < -0.3 is 19.5 Å². The highest BCUT2D eigenvalue weighted by molar-refractivity contribution is 7.21. The molecule has 0 radical (unpaired) electrons. The number of carboxylic acids is 1. The number of fused-ring (bicyclic) bond motifs is 1. The second-order valence-electron chi connectivity index (χ2n) is 5.42. The van der Waals surface area contributed by atoms with Crippen LogP contribution in [0, 0.1) is 0 Å². The van der Waals surface area contributed by atoms with Crippen molar-refractivity contribution in [2.75, 3.05) is 26.1 Å². The lowest BCUT2D eigenvalue weighted by atomic mass is 10.2. The van der Waals surface area contributed by atoms with E-state index in [9.17, 15) is 9.90 Å². The molecule has 0 aliphatic heterocycles. The minimum absolute atomic E-state index is 0.175. The molecule has 0 spiro atoms. The van der Waals surface area contributed by atoms with Crippen LogP contribution in [0.4, 0.5) is 5.69 Å². The number of anilines is 1. The molecule has 124 valence electrons. The molecule has 24 heavy (non-hydrogen) atoms. The largest absolute Gasteiger partial charge is 0.497 e. The molecule has 5 nitrogen and oxygen atoms in total. The number of ether oxygens (including phenoxy) is 2. The quantitative estimate of drug-likeness (QED) is 0.741. The zero-order valence-corrected chi connectivity index (χ0v) is 14.4. The summed E-state index contributed by atoms with van der Waals surface area (Å²) in [5, 5.41) is 10.2. The molecule has 2 aromatic carbocycles. The highest BCUT2D eigenvalue weighted by Gasteiger charge is 2.20. The normalized spacial score (nSPS) is 10.6. The van der Waals surface area contributed by atoms with Gasteiger partial charge in [0, 0.05) is 35.9 Å². The van der Waals surface area contributed by atoms with Crippen LogP contribution in [0.25, 0.3) is 10.1 Å². The fourth-order valence-corrected chi connectivity index (χ4v) is 3.32. The van der Waals surface area contributed by atoms with Crippen LogP contribution in [0.5, 0.6) is 17.2 Å². The Morgan fingerprint density at radius 1 is 1.12 bits per heavy atom. The molecule has 0 atom stereocenters. The summed E-state index contributed by atoms with van der Waals surface area (Å²) in [5.41, 5.74) is 0.974. The Balaban J connectivity index is 2.11. The van der Waals surface area contributed by atoms with Gasteiger partial charge in [-0.3, -0.25) is 0 Å². The van der Waals surface area contributed by atoms with Crippen LogP contribution in [-0.4, -0.2) is 32.3 Å². The second kappa shape index (κ2) is 6.41. The minimum Gasteiger partial charge on any atom is -0.497 e. The third-order valence-electron chi connectivity index (χ3n) is 3.60. The number of thiophene rings is 1. The fraction of sp³-hybridized carbons (Fsp3) is 0.167. The monoisotopic (exact) mass is 343 g/mol. The molecule has 1 aromatic heterocycles. The molecule has 0 bridgehead atoms. The molecular weight excluding hydrogens is 326 g/mol. The Kier molecular flexibility index (Phi) is 4.31. The van der Waals surface area contributed by atoms with E-state index in [-0.39, 0.29) is 4.88 Å². The lowest BCUT2D eigenvalue weighted by Gasteiger charge is -2.14. The fourth-order valence-electron chi connectivity index (χ4n) is 2.37. The third kappa shape index (κ3) is 3.00. The number of carbonyl (C=O) groups is 1. The van der Waals surface area contributed by atoms with Gasteiger partial charge in [0.2, 0.25) is 0 Å². The maximum atomic E-state index is 11.6. The van der Waals surface area contributed by atoms with Crippen molar-refractivity contribution in [2.45, 2.75) is 0 Å². The summed E-state index contributed by atoms with van der Waals surface area (Å²) in [6.07, 6.45) is 0. The van der Waals surface area contributed by atoms with Crippen molar-refractivity contribution in [3.05, 3.63) is 47.3 Å². The molecule has 0 saturated carbocycles. The summed E-state index contributed by atoms with van der Waals surface area (Å²) in [6, 6.07) is 13.0. The van der Waals surface area contributed by atoms with E-state index in [2.05, 4.69) is 0 Å². The molecule has 6 heteroatoms. The maximum absolute atomic E-state index is 11.6. The van der Waals surface area contributed by atoms with Crippen molar-refractivity contribution in [2.24, 2.45) is 0 Å². The second-order valence-corrected chi connectivity index (χ2v) is 6.47. The number of hydrogen-bond donors (Lipinski definition) is 1. The van der Waals surface area contributed by atoms with Gasteiger partial charge in [-0.1, -0.05) is 6.07 Å². The van der Waals surface area contributed by atoms with Gasteiger partial charge in [-0.05, 0) is 30.3 Å². The van der Waals surface area contributed by atoms with Crippen molar-refractivity contribution < 1.29 is 19.4 Å². The van der Waals surface area contributed by atoms with Crippen LogP contribution in [0.15, 0.2) is 42.5 Å². The summed E-state index contributed by atoms with van der Waals surface area (Å²) in [5.74, 6) is 0.585. The Morgan fingerprint density at radius 2 is 1.92 bits per heavy atom. The predicted octanol–water partition coefficient (Wildman–Crippen LogP) is 4.47. The molecule has 0 amide bonds. The van der Waals surface area contributed by atoms with Gasteiger partial charge in [-0.25, -0.2) is 4.79 Å². The van der Waals surface area contributed by atoms with Gasteiger partial charge in [0.25, 0.3) is 0 Å². The van der Waals surface area contributed by atoms with E-state index in [1.807, 2.05) is 49.3 Å². The Morgan fingerprint density at radius 3 is 2.58 bits per heavy atom. The van der Waals surface area contributed by atoms with Crippen molar-refractivity contribution in [3.8, 4) is 17.2 Å². The smallest absolute Gasteiger partial charge is 0.349 e. The maximum Gasteiger partial charge on any atom is 0.349 e. The van der Waals surface area contributed by atoms with E-state index < -0.39 is 5.97 Å². The third-order valence-corrected chi connectivity index (χ3v) is 4.74. The number of methoxy groups -OCH3 is 1. The lowest BCUT2D eigenvalue weighted by Crippen LogP contribution is -2.08. The number of rotatable bonds is 5. The van der Waals surface area contributed by atoms with Gasteiger partial charge in [0.1, 0.15) is 11.5 Å². The first kappa shape index (κ1) is 16.1. The van der Waals surface area contributed by atoms with Gasteiger partial charge in [0.15, 0.2) is 10.6 Å². The molecule has 0 aliphatic carbocycles. The van der Waals surface area contributed by atoms with E-state index in [1.54, 1.807) is 19.2 Å². The number of hydrogen-bond acceptors (Lipinski definition) is 5. The van der Waals surface area contributed by atoms with Crippen LogP contribution in [0.1, 0.15) is 9.67 Å². The molecule has 1 heterocycles. The van der Waals surface area contributed by atoms with Gasteiger partial charge in [-0.15, -0.1) is 11.3 Å². The zero-order chi connectivity index (χ0) is 17.3. The number of benzene rings is 2. The molecule has 0 aliphatic rings. The summed E-state index contributed by atoms with van der Waals surface area (Å²) in [6.45, 7) is 0. The highest BCUT2D eigenvalue weighted by Crippen LogP contribution is 2.42. The first-order chi connectivity index (χ1) is 11.5. The molecule has 0 saturated heterocycles. The van der Waals surface area contributed by atoms with Crippen molar-refractivity contribution in [3.63, 3.8) is 0 Å². The van der Waals surface area contributed by atoms with Crippen LogP contribution in [-0.2, 0) is 0 Å². The van der Waals surface area contributed by atoms with Crippen LogP contribution in [0.3, 0.4) is 0 Å². The molecule has 3 aromatic rings. The number of nitrogens with zero attached hydrogens (tertiary/aromatic N) is 1. The van der Waals surface area contributed by atoms with Gasteiger partial charge >= 0.3 is 5.97 Å². The average molecular weight is 343 g/mol. The van der Waals surface area contributed by atoms with Crippen molar-refractivity contribution in [1.82, 2.24) is 0 Å². The highest BCUT2D eigenvalue weighted by atomic mass is 32.1. The topological polar surface area (TPSA) is 59.0 Å². The molecular formula is C18H17NO4S. The number of aromatic carboxylic acids is 1. The molecule has 0 unspecified atom stereocenters. The van der Waals surface area contributed by atoms with E-state index in [4.69, 9.17) is 9.47 Å². The van der Waals surface area contributed by atoms with Crippen molar-refractivity contribution in [1.29, 1.82) is 0 Å². The standard InChI is InChI=1S/C18H17NO4S/c1-19(2)11-5-4-6-13(9-11)23-16-14-10-12(22-3)7-8-15(14)24-17(16)18(20)21/h4-10H,1-3H3,(H,20,21). The van der Waals surface area contributed by atoms with Gasteiger partial charge in [0.05, 0.1) is 7.11 Å². The molecule has 0 fully saturated rings. The van der Waals surface area contributed by atoms with E-state index in [0.29, 0.717) is 17.2 Å². The van der Waals surface area contributed by atoms with Crippen molar-refractivity contribution >= 4 is 33.1 Å². The summed E-state index contributed by atoms with van der Waals surface area (Å²) < 4.78 is 12.0. The Labute approximate surface area is 143 Å². The summed E-state index contributed by atoms with van der Waals surface area (Å²) in [7, 11) is 5.45. The Hall–Kier alpha value is -2.73.